The third kappa shape index (κ3) is 4.96. The van der Waals surface area contributed by atoms with Gasteiger partial charge in [0.2, 0.25) is 0 Å². The molecule has 90 valence electrons. The monoisotopic (exact) mass is 214 g/mol. The van der Waals surface area contributed by atoms with Gasteiger partial charge in [-0.1, -0.05) is 6.92 Å². The molecule has 3 nitrogen and oxygen atoms in total. The molecule has 15 heavy (non-hydrogen) atoms. The molecule has 1 N–H and O–H groups in total. The minimum atomic E-state index is 0.0413. The molecule has 3 heteroatoms. The van der Waals surface area contributed by atoms with E-state index in [-0.39, 0.29) is 5.60 Å². The smallest absolute Gasteiger partial charge is 0.0753 e. The van der Waals surface area contributed by atoms with Crippen molar-refractivity contribution in [3.8, 4) is 0 Å². The average Bonchev–Trinajstić information content (AvgIpc) is 2.14. The van der Waals surface area contributed by atoms with Gasteiger partial charge in [0.1, 0.15) is 0 Å². The van der Waals surface area contributed by atoms with E-state index < -0.39 is 0 Å². The van der Waals surface area contributed by atoms with Crippen LogP contribution in [0.4, 0.5) is 0 Å². The van der Waals surface area contributed by atoms with Gasteiger partial charge in [-0.15, -0.1) is 0 Å². The predicted octanol–water partition coefficient (Wildman–Crippen LogP) is 1.49. The summed E-state index contributed by atoms with van der Waals surface area (Å²) in [5.74, 6) is 0. The van der Waals surface area contributed by atoms with Crippen LogP contribution in [0, 0.1) is 0 Å². The number of nitrogens with one attached hydrogen (secondary N) is 1. The molecule has 0 aliphatic carbocycles. The van der Waals surface area contributed by atoms with Crippen molar-refractivity contribution in [2.75, 3.05) is 32.8 Å². The van der Waals surface area contributed by atoms with Crippen LogP contribution in [0.3, 0.4) is 0 Å². The fourth-order valence-electron chi connectivity index (χ4n) is 2.13. The second-order valence-electron chi connectivity index (χ2n) is 5.13. The van der Waals surface area contributed by atoms with E-state index >= 15 is 0 Å². The Hall–Kier alpha value is -0.120. The normalized spacial score (nSPS) is 24.0. The molecule has 0 amide bonds. The first-order valence-corrected chi connectivity index (χ1v) is 6.13. The van der Waals surface area contributed by atoms with Crippen molar-refractivity contribution in [3.05, 3.63) is 0 Å². The van der Waals surface area contributed by atoms with Gasteiger partial charge in [-0.2, -0.15) is 0 Å². The van der Waals surface area contributed by atoms with Crippen LogP contribution in [-0.4, -0.2) is 49.3 Å². The zero-order valence-corrected chi connectivity index (χ0v) is 10.7. The largest absolute Gasteiger partial charge is 0.373 e. The van der Waals surface area contributed by atoms with Gasteiger partial charge < -0.3 is 10.1 Å². The Morgan fingerprint density at radius 3 is 2.80 bits per heavy atom. The van der Waals surface area contributed by atoms with Gasteiger partial charge in [0.05, 0.1) is 12.2 Å². The van der Waals surface area contributed by atoms with Crippen LogP contribution >= 0.6 is 0 Å². The molecule has 1 saturated heterocycles. The Bertz CT molecular complexity index is 182. The maximum Gasteiger partial charge on any atom is 0.0753 e. The lowest BCUT2D eigenvalue weighted by atomic mass is 10.1. The fourth-order valence-corrected chi connectivity index (χ4v) is 2.13. The average molecular weight is 214 g/mol. The highest BCUT2D eigenvalue weighted by atomic mass is 16.5. The summed E-state index contributed by atoms with van der Waals surface area (Å²) in [5.41, 5.74) is 0.0413. The lowest BCUT2D eigenvalue weighted by Crippen LogP contribution is -2.49. The van der Waals surface area contributed by atoms with Gasteiger partial charge in [-0.05, 0) is 40.3 Å². The number of ether oxygens (including phenoxy) is 1. The van der Waals surface area contributed by atoms with Crippen LogP contribution < -0.4 is 5.32 Å². The first-order chi connectivity index (χ1) is 7.03. The van der Waals surface area contributed by atoms with E-state index in [1.807, 2.05) is 0 Å². The minimum absolute atomic E-state index is 0.0413. The first kappa shape index (κ1) is 12.9. The summed E-state index contributed by atoms with van der Waals surface area (Å²) >= 11 is 0. The topological polar surface area (TPSA) is 24.5 Å². The van der Waals surface area contributed by atoms with Crippen LogP contribution in [0.25, 0.3) is 0 Å². The molecule has 0 radical (unpaired) electrons. The first-order valence-electron chi connectivity index (χ1n) is 6.13. The molecule has 1 heterocycles. The van der Waals surface area contributed by atoms with Crippen LogP contribution in [0.2, 0.25) is 0 Å². The molecule has 1 aliphatic rings. The second-order valence-corrected chi connectivity index (χ2v) is 5.13. The zero-order valence-electron chi connectivity index (χ0n) is 10.7. The molecule has 0 bridgehead atoms. The van der Waals surface area contributed by atoms with E-state index in [2.05, 4.69) is 37.9 Å². The third-order valence-electron chi connectivity index (χ3n) is 2.94. The van der Waals surface area contributed by atoms with Crippen molar-refractivity contribution in [1.82, 2.24) is 10.2 Å². The SMILES string of the molecule is CCNC(C)CCN1CCOC(C)(C)C1. The van der Waals surface area contributed by atoms with Crippen molar-refractivity contribution < 1.29 is 4.74 Å². The number of nitrogens with zero attached hydrogens (tertiary/aromatic N) is 1. The minimum Gasteiger partial charge on any atom is -0.373 e. The lowest BCUT2D eigenvalue weighted by Gasteiger charge is -2.38. The van der Waals surface area contributed by atoms with Crippen LogP contribution in [-0.2, 0) is 4.74 Å². The van der Waals surface area contributed by atoms with Crippen molar-refractivity contribution in [3.63, 3.8) is 0 Å². The van der Waals surface area contributed by atoms with Gasteiger partial charge in [-0.3, -0.25) is 4.90 Å². The highest BCUT2D eigenvalue weighted by Gasteiger charge is 2.26. The number of morpholine rings is 1. The van der Waals surface area contributed by atoms with E-state index in [9.17, 15) is 0 Å². The highest BCUT2D eigenvalue weighted by Crippen LogP contribution is 2.16. The second kappa shape index (κ2) is 5.83. The van der Waals surface area contributed by atoms with Gasteiger partial charge in [0.25, 0.3) is 0 Å². The van der Waals surface area contributed by atoms with E-state index in [1.54, 1.807) is 0 Å². The molecule has 1 aliphatic heterocycles. The third-order valence-corrected chi connectivity index (χ3v) is 2.94. The van der Waals surface area contributed by atoms with Crippen LogP contribution in [0.15, 0.2) is 0 Å². The summed E-state index contributed by atoms with van der Waals surface area (Å²) < 4.78 is 5.69. The van der Waals surface area contributed by atoms with Gasteiger partial charge >= 0.3 is 0 Å². The molecule has 0 spiro atoms. The zero-order chi connectivity index (χ0) is 11.3. The van der Waals surface area contributed by atoms with Crippen molar-refractivity contribution in [2.24, 2.45) is 0 Å². The Morgan fingerprint density at radius 1 is 1.47 bits per heavy atom. The summed E-state index contributed by atoms with van der Waals surface area (Å²) in [7, 11) is 0. The summed E-state index contributed by atoms with van der Waals surface area (Å²) in [4.78, 5) is 2.51. The van der Waals surface area contributed by atoms with Crippen LogP contribution in [0.5, 0.6) is 0 Å². The van der Waals surface area contributed by atoms with Crippen LogP contribution in [0.1, 0.15) is 34.1 Å². The number of hydrogen-bond acceptors (Lipinski definition) is 3. The molecular weight excluding hydrogens is 188 g/mol. The Morgan fingerprint density at radius 2 is 2.20 bits per heavy atom. The maximum absolute atomic E-state index is 5.69. The van der Waals surface area contributed by atoms with E-state index in [0.717, 1.165) is 26.2 Å². The standard InChI is InChI=1S/C12H26N2O/c1-5-13-11(2)6-7-14-8-9-15-12(3,4)10-14/h11,13H,5-10H2,1-4H3. The maximum atomic E-state index is 5.69. The lowest BCUT2D eigenvalue weighted by molar-refractivity contribution is -0.0863. The molecular formula is C12H26N2O. The van der Waals surface area contributed by atoms with E-state index in [4.69, 9.17) is 4.74 Å². The summed E-state index contributed by atoms with van der Waals surface area (Å²) in [6, 6.07) is 0.626. The summed E-state index contributed by atoms with van der Waals surface area (Å²) in [6.07, 6.45) is 1.23. The fraction of sp³-hybridized carbons (Fsp3) is 1.00. The molecule has 0 aromatic carbocycles. The van der Waals surface area contributed by atoms with Gasteiger partial charge in [0, 0.05) is 19.1 Å². The number of rotatable bonds is 5. The molecule has 0 saturated carbocycles. The molecule has 0 aromatic heterocycles. The molecule has 1 fully saturated rings. The number of hydrogen-bond donors (Lipinski definition) is 1. The van der Waals surface area contributed by atoms with Crippen molar-refractivity contribution in [2.45, 2.75) is 45.8 Å². The van der Waals surface area contributed by atoms with E-state index in [0.29, 0.717) is 6.04 Å². The highest BCUT2D eigenvalue weighted by molar-refractivity contribution is 4.79. The molecule has 0 aromatic rings. The van der Waals surface area contributed by atoms with Crippen molar-refractivity contribution in [1.29, 1.82) is 0 Å². The van der Waals surface area contributed by atoms with Gasteiger partial charge in [0.15, 0.2) is 0 Å². The molecule has 1 rings (SSSR count). The molecule has 1 atom stereocenters. The van der Waals surface area contributed by atoms with E-state index in [1.165, 1.54) is 13.0 Å². The quantitative estimate of drug-likeness (QED) is 0.750. The van der Waals surface area contributed by atoms with Crippen molar-refractivity contribution >= 4 is 0 Å². The van der Waals surface area contributed by atoms with Gasteiger partial charge in [-0.25, -0.2) is 0 Å². The summed E-state index contributed by atoms with van der Waals surface area (Å²) in [5, 5.41) is 3.45. The Balaban J connectivity index is 2.21. The Kier molecular flexibility index (Phi) is 5.03. The summed E-state index contributed by atoms with van der Waals surface area (Å²) in [6.45, 7) is 14.0. The predicted molar refractivity (Wildman–Crippen MR) is 64.2 cm³/mol. The Labute approximate surface area is 94.2 Å². The molecule has 1 unspecified atom stereocenters.